The molecular weight excluding hydrogens is 338 g/mol. The van der Waals surface area contributed by atoms with Crippen LogP contribution in [-0.2, 0) is 11.3 Å². The molecule has 4 rings (SSSR count). The molecule has 0 bridgehead atoms. The number of carbonyl (C=O) groups excluding carboxylic acids is 2. The predicted octanol–water partition coefficient (Wildman–Crippen LogP) is 2.83. The number of amides is 2. The van der Waals surface area contributed by atoms with Crippen molar-refractivity contribution in [2.75, 3.05) is 19.6 Å². The van der Waals surface area contributed by atoms with Crippen LogP contribution in [0.1, 0.15) is 33.5 Å². The van der Waals surface area contributed by atoms with Crippen molar-refractivity contribution >= 4 is 17.4 Å². The third kappa shape index (κ3) is 3.34. The van der Waals surface area contributed by atoms with Gasteiger partial charge < -0.3 is 9.80 Å². The molecule has 0 radical (unpaired) electrons. The fourth-order valence-corrected chi connectivity index (χ4v) is 3.62. The van der Waals surface area contributed by atoms with Crippen LogP contribution >= 0.6 is 0 Å². The quantitative estimate of drug-likeness (QED) is 0.848. The number of hydrogen-bond acceptors (Lipinski definition) is 3. The molecule has 5 heteroatoms. The summed E-state index contributed by atoms with van der Waals surface area (Å²) in [5, 5.41) is 8.89. The van der Waals surface area contributed by atoms with Crippen LogP contribution < -0.4 is 0 Å². The van der Waals surface area contributed by atoms with Crippen molar-refractivity contribution in [3.05, 3.63) is 76.9 Å². The van der Waals surface area contributed by atoms with Crippen molar-refractivity contribution in [1.82, 2.24) is 9.80 Å². The van der Waals surface area contributed by atoms with Crippen molar-refractivity contribution < 1.29 is 9.59 Å². The summed E-state index contributed by atoms with van der Waals surface area (Å²) in [4.78, 5) is 28.5. The first-order valence-corrected chi connectivity index (χ1v) is 9.00. The molecule has 27 heavy (non-hydrogen) atoms. The minimum Gasteiger partial charge on any atom is -0.337 e. The van der Waals surface area contributed by atoms with Gasteiger partial charge in [0.05, 0.1) is 11.6 Å². The van der Waals surface area contributed by atoms with Gasteiger partial charge in [-0.2, -0.15) is 5.26 Å². The van der Waals surface area contributed by atoms with E-state index < -0.39 is 0 Å². The van der Waals surface area contributed by atoms with Gasteiger partial charge >= 0.3 is 0 Å². The molecule has 0 spiro atoms. The lowest BCUT2D eigenvalue weighted by molar-refractivity contribution is -0.131. The third-order valence-corrected chi connectivity index (χ3v) is 5.17. The highest BCUT2D eigenvalue weighted by Gasteiger charge is 2.30. The summed E-state index contributed by atoms with van der Waals surface area (Å²) >= 11 is 0. The average Bonchev–Trinajstić information content (AvgIpc) is 3.04. The fraction of sp³-hybridized carbons (Fsp3) is 0.227. The molecule has 2 aromatic rings. The second-order valence-corrected chi connectivity index (χ2v) is 6.83. The normalized spacial score (nSPS) is 16.0. The minimum absolute atomic E-state index is 0.0220. The van der Waals surface area contributed by atoms with E-state index in [1.165, 1.54) is 5.57 Å². The number of hydrogen-bond donors (Lipinski definition) is 0. The van der Waals surface area contributed by atoms with Gasteiger partial charge in [-0.05, 0) is 41.3 Å². The molecule has 0 N–H and O–H groups in total. The van der Waals surface area contributed by atoms with Crippen molar-refractivity contribution in [2.45, 2.75) is 13.0 Å². The fourth-order valence-electron chi connectivity index (χ4n) is 3.62. The van der Waals surface area contributed by atoms with Gasteiger partial charge in [0.15, 0.2) is 0 Å². The zero-order chi connectivity index (χ0) is 18.8. The number of nitrogens with zero attached hydrogens (tertiary/aromatic N) is 3. The monoisotopic (exact) mass is 357 g/mol. The van der Waals surface area contributed by atoms with E-state index in [1.807, 2.05) is 48.5 Å². The lowest BCUT2D eigenvalue weighted by atomic mass is 9.98. The molecule has 0 saturated carbocycles. The van der Waals surface area contributed by atoms with Crippen molar-refractivity contribution in [3.8, 4) is 6.07 Å². The third-order valence-electron chi connectivity index (χ3n) is 5.17. The molecule has 0 saturated heterocycles. The van der Waals surface area contributed by atoms with E-state index in [4.69, 9.17) is 5.26 Å². The van der Waals surface area contributed by atoms with Crippen LogP contribution in [0.4, 0.5) is 0 Å². The van der Waals surface area contributed by atoms with Gasteiger partial charge in [0, 0.05) is 25.2 Å². The Balaban J connectivity index is 1.38. The standard InChI is InChI=1S/C22H19N3O2/c23-13-16-5-7-17(8-6-16)18-9-11-24(12-10-18)21(26)15-25-14-19-3-1-2-4-20(19)22(25)27/h1-9H,10-12,14-15H2. The van der Waals surface area contributed by atoms with E-state index in [0.29, 0.717) is 30.8 Å². The predicted molar refractivity (Wildman–Crippen MR) is 102 cm³/mol. The molecule has 2 aliphatic rings. The number of nitriles is 1. The number of carbonyl (C=O) groups is 2. The molecule has 2 amide bonds. The van der Waals surface area contributed by atoms with E-state index >= 15 is 0 Å². The molecule has 2 aromatic carbocycles. The Hall–Kier alpha value is -3.39. The average molecular weight is 357 g/mol. The molecule has 0 unspecified atom stereocenters. The Morgan fingerprint density at radius 1 is 1.11 bits per heavy atom. The Morgan fingerprint density at radius 2 is 1.89 bits per heavy atom. The molecule has 0 aromatic heterocycles. The van der Waals surface area contributed by atoms with Gasteiger partial charge in [0.25, 0.3) is 5.91 Å². The maximum atomic E-state index is 12.6. The summed E-state index contributed by atoms with van der Waals surface area (Å²) < 4.78 is 0. The Morgan fingerprint density at radius 3 is 2.56 bits per heavy atom. The minimum atomic E-state index is -0.0650. The topological polar surface area (TPSA) is 64.4 Å². The summed E-state index contributed by atoms with van der Waals surface area (Å²) in [5.41, 5.74) is 4.60. The maximum absolute atomic E-state index is 12.6. The lowest BCUT2D eigenvalue weighted by Gasteiger charge is -2.28. The Bertz CT molecular complexity index is 970. The van der Waals surface area contributed by atoms with Crippen LogP contribution in [0.15, 0.2) is 54.6 Å². The van der Waals surface area contributed by atoms with E-state index in [1.54, 1.807) is 9.80 Å². The number of benzene rings is 2. The second kappa shape index (κ2) is 7.08. The molecule has 0 aliphatic carbocycles. The van der Waals surface area contributed by atoms with E-state index in [2.05, 4.69) is 12.1 Å². The van der Waals surface area contributed by atoms with Gasteiger partial charge in [0.1, 0.15) is 6.54 Å². The zero-order valence-electron chi connectivity index (χ0n) is 14.9. The second-order valence-electron chi connectivity index (χ2n) is 6.83. The molecule has 134 valence electrons. The van der Waals surface area contributed by atoms with Crippen LogP contribution in [0.25, 0.3) is 5.57 Å². The Labute approximate surface area is 158 Å². The van der Waals surface area contributed by atoms with E-state index in [-0.39, 0.29) is 18.4 Å². The zero-order valence-corrected chi connectivity index (χ0v) is 14.9. The number of rotatable bonds is 3. The Kier molecular flexibility index (Phi) is 4.47. The highest BCUT2D eigenvalue weighted by molar-refractivity contribution is 6.00. The van der Waals surface area contributed by atoms with Crippen LogP contribution in [0.3, 0.4) is 0 Å². The summed E-state index contributed by atoms with van der Waals surface area (Å²) in [6.45, 7) is 1.80. The molecule has 5 nitrogen and oxygen atoms in total. The van der Waals surface area contributed by atoms with Crippen molar-refractivity contribution in [3.63, 3.8) is 0 Å². The molecule has 2 aliphatic heterocycles. The van der Waals surface area contributed by atoms with Crippen LogP contribution in [0, 0.1) is 11.3 Å². The summed E-state index contributed by atoms with van der Waals surface area (Å²) in [7, 11) is 0. The van der Waals surface area contributed by atoms with Crippen LogP contribution in [0.2, 0.25) is 0 Å². The molecular formula is C22H19N3O2. The van der Waals surface area contributed by atoms with Crippen molar-refractivity contribution in [1.29, 1.82) is 5.26 Å². The van der Waals surface area contributed by atoms with Gasteiger partial charge in [-0.1, -0.05) is 36.4 Å². The van der Waals surface area contributed by atoms with E-state index in [9.17, 15) is 9.59 Å². The molecule has 0 fully saturated rings. The smallest absolute Gasteiger partial charge is 0.254 e. The highest BCUT2D eigenvalue weighted by atomic mass is 16.2. The first kappa shape index (κ1) is 17.0. The summed E-state index contributed by atoms with van der Waals surface area (Å²) in [5.74, 6) is -0.0870. The first-order chi connectivity index (χ1) is 13.2. The van der Waals surface area contributed by atoms with Gasteiger partial charge in [-0.25, -0.2) is 0 Å². The molecule has 0 atom stereocenters. The van der Waals surface area contributed by atoms with Crippen LogP contribution in [-0.4, -0.2) is 41.2 Å². The number of fused-ring (bicyclic) bond motifs is 1. The van der Waals surface area contributed by atoms with E-state index in [0.717, 1.165) is 17.5 Å². The largest absolute Gasteiger partial charge is 0.337 e. The van der Waals surface area contributed by atoms with Crippen molar-refractivity contribution in [2.24, 2.45) is 0 Å². The SMILES string of the molecule is N#Cc1ccc(C2=CCN(C(=O)CN3Cc4ccccc4C3=O)CC2)cc1. The summed E-state index contributed by atoms with van der Waals surface area (Å²) in [6.07, 6.45) is 2.83. The molecule has 2 heterocycles. The highest BCUT2D eigenvalue weighted by Crippen LogP contribution is 2.24. The lowest BCUT2D eigenvalue weighted by Crippen LogP contribution is -2.42. The summed E-state index contributed by atoms with van der Waals surface area (Å²) in [6, 6.07) is 17.1. The maximum Gasteiger partial charge on any atom is 0.254 e. The van der Waals surface area contributed by atoms with Gasteiger partial charge in [-0.3, -0.25) is 9.59 Å². The first-order valence-electron chi connectivity index (χ1n) is 9.00. The van der Waals surface area contributed by atoms with Gasteiger partial charge in [0.2, 0.25) is 5.91 Å². The van der Waals surface area contributed by atoms with Crippen LogP contribution in [0.5, 0.6) is 0 Å². The van der Waals surface area contributed by atoms with Gasteiger partial charge in [-0.15, -0.1) is 0 Å².